The summed E-state index contributed by atoms with van der Waals surface area (Å²) in [5, 5.41) is 13.2. The quantitative estimate of drug-likeness (QED) is 0.693. The average Bonchev–Trinajstić information content (AvgIpc) is 2.74. The molecule has 1 heterocycles. The number of halogens is 1. The van der Waals surface area contributed by atoms with Crippen LogP contribution in [0.4, 0.5) is 11.4 Å². The van der Waals surface area contributed by atoms with Crippen molar-refractivity contribution >= 4 is 40.2 Å². The van der Waals surface area contributed by atoms with Gasteiger partial charge in [0.25, 0.3) is 5.69 Å². The maximum atomic E-state index is 11.8. The standard InChI is InChI=1S/C12H9ClN2O3S/c13-11-5-4-10(19-11)7-12(16)14-8-2-1-3-9(6-8)15(17)18/h1-6H,7H2,(H,14,16). The van der Waals surface area contributed by atoms with Crippen molar-refractivity contribution in [2.75, 3.05) is 5.32 Å². The third kappa shape index (κ3) is 3.77. The van der Waals surface area contributed by atoms with Crippen molar-refractivity contribution in [1.29, 1.82) is 0 Å². The molecule has 0 unspecified atom stereocenters. The molecule has 1 aromatic heterocycles. The number of thiophene rings is 1. The molecule has 19 heavy (non-hydrogen) atoms. The third-order valence-electron chi connectivity index (χ3n) is 2.30. The van der Waals surface area contributed by atoms with Crippen LogP contribution in [0.5, 0.6) is 0 Å². The van der Waals surface area contributed by atoms with E-state index in [-0.39, 0.29) is 18.0 Å². The van der Waals surface area contributed by atoms with Crippen LogP contribution in [0.25, 0.3) is 0 Å². The molecule has 0 aliphatic rings. The Morgan fingerprint density at radius 2 is 2.16 bits per heavy atom. The summed E-state index contributed by atoms with van der Waals surface area (Å²) in [5.41, 5.74) is 0.346. The molecule has 0 atom stereocenters. The lowest BCUT2D eigenvalue weighted by Crippen LogP contribution is -2.13. The van der Waals surface area contributed by atoms with E-state index in [1.807, 2.05) is 0 Å². The second kappa shape index (κ2) is 5.81. The van der Waals surface area contributed by atoms with Crippen LogP contribution < -0.4 is 5.32 Å². The molecule has 1 amide bonds. The van der Waals surface area contributed by atoms with Crippen molar-refractivity contribution in [1.82, 2.24) is 0 Å². The second-order valence-electron chi connectivity index (χ2n) is 3.74. The lowest BCUT2D eigenvalue weighted by atomic mass is 10.2. The van der Waals surface area contributed by atoms with Crippen LogP contribution in [-0.2, 0) is 11.2 Å². The van der Waals surface area contributed by atoms with Gasteiger partial charge in [0.1, 0.15) is 0 Å². The van der Waals surface area contributed by atoms with E-state index in [0.29, 0.717) is 10.0 Å². The molecule has 0 fully saturated rings. The normalized spacial score (nSPS) is 10.2. The molecule has 98 valence electrons. The topological polar surface area (TPSA) is 72.2 Å². The van der Waals surface area contributed by atoms with Gasteiger partial charge in [-0.25, -0.2) is 0 Å². The number of benzene rings is 1. The van der Waals surface area contributed by atoms with E-state index in [2.05, 4.69) is 5.32 Å². The number of hydrogen-bond acceptors (Lipinski definition) is 4. The maximum Gasteiger partial charge on any atom is 0.271 e. The highest BCUT2D eigenvalue weighted by Gasteiger charge is 2.09. The number of hydrogen-bond donors (Lipinski definition) is 1. The smallest absolute Gasteiger partial charge is 0.271 e. The number of nitro benzene ring substituents is 1. The largest absolute Gasteiger partial charge is 0.326 e. The Balaban J connectivity index is 2.02. The highest BCUT2D eigenvalue weighted by molar-refractivity contribution is 7.16. The number of non-ortho nitro benzene ring substituents is 1. The molecule has 1 aromatic carbocycles. The number of nitrogens with one attached hydrogen (secondary N) is 1. The van der Waals surface area contributed by atoms with E-state index in [0.717, 1.165) is 4.88 Å². The Hall–Kier alpha value is -1.92. The Bertz CT molecular complexity index is 627. The van der Waals surface area contributed by atoms with E-state index < -0.39 is 4.92 Å². The Kier molecular flexibility index (Phi) is 4.13. The highest BCUT2D eigenvalue weighted by Crippen LogP contribution is 2.22. The van der Waals surface area contributed by atoms with Crippen LogP contribution >= 0.6 is 22.9 Å². The number of amides is 1. The molecule has 0 radical (unpaired) electrons. The van der Waals surface area contributed by atoms with Gasteiger partial charge in [0.05, 0.1) is 15.7 Å². The Morgan fingerprint density at radius 3 is 2.79 bits per heavy atom. The van der Waals surface area contributed by atoms with E-state index in [1.165, 1.54) is 29.5 Å². The van der Waals surface area contributed by atoms with Crippen molar-refractivity contribution < 1.29 is 9.72 Å². The minimum atomic E-state index is -0.505. The van der Waals surface area contributed by atoms with Gasteiger partial charge in [0.15, 0.2) is 0 Å². The molecule has 2 aromatic rings. The van der Waals surface area contributed by atoms with Gasteiger partial charge in [-0.2, -0.15) is 0 Å². The van der Waals surface area contributed by atoms with Crippen LogP contribution in [0, 0.1) is 10.1 Å². The lowest BCUT2D eigenvalue weighted by molar-refractivity contribution is -0.384. The van der Waals surface area contributed by atoms with Crippen molar-refractivity contribution in [2.45, 2.75) is 6.42 Å². The molecule has 0 aliphatic heterocycles. The first-order chi connectivity index (χ1) is 9.04. The van der Waals surface area contributed by atoms with Gasteiger partial charge in [-0.1, -0.05) is 17.7 Å². The lowest BCUT2D eigenvalue weighted by Gasteiger charge is -2.03. The van der Waals surface area contributed by atoms with Gasteiger partial charge in [-0.15, -0.1) is 11.3 Å². The van der Waals surface area contributed by atoms with Crippen LogP contribution in [-0.4, -0.2) is 10.8 Å². The Labute approximate surface area is 118 Å². The predicted octanol–water partition coefficient (Wildman–Crippen LogP) is 3.49. The zero-order valence-electron chi connectivity index (χ0n) is 9.63. The van der Waals surface area contributed by atoms with Crippen LogP contribution in [0.15, 0.2) is 36.4 Å². The van der Waals surface area contributed by atoms with Crippen molar-refractivity contribution in [3.8, 4) is 0 Å². The minimum absolute atomic E-state index is 0.0584. The number of nitro groups is 1. The number of nitrogens with zero attached hydrogens (tertiary/aromatic N) is 1. The third-order valence-corrected chi connectivity index (χ3v) is 3.54. The first kappa shape index (κ1) is 13.5. The van der Waals surface area contributed by atoms with Crippen LogP contribution in [0.2, 0.25) is 4.34 Å². The van der Waals surface area contributed by atoms with Crippen LogP contribution in [0.3, 0.4) is 0 Å². The zero-order chi connectivity index (χ0) is 13.8. The molecule has 1 N–H and O–H groups in total. The average molecular weight is 297 g/mol. The molecule has 0 saturated carbocycles. The molecule has 0 saturated heterocycles. The number of rotatable bonds is 4. The fraction of sp³-hybridized carbons (Fsp3) is 0.0833. The minimum Gasteiger partial charge on any atom is -0.326 e. The molecule has 5 nitrogen and oxygen atoms in total. The predicted molar refractivity (Wildman–Crippen MR) is 74.8 cm³/mol. The van der Waals surface area contributed by atoms with Crippen molar-refractivity contribution in [2.24, 2.45) is 0 Å². The first-order valence-electron chi connectivity index (χ1n) is 5.33. The maximum absolute atomic E-state index is 11.8. The Morgan fingerprint density at radius 1 is 1.37 bits per heavy atom. The molecule has 2 rings (SSSR count). The summed E-state index contributed by atoms with van der Waals surface area (Å²) in [7, 11) is 0. The van der Waals surface area contributed by atoms with E-state index in [4.69, 9.17) is 11.6 Å². The molecule has 7 heteroatoms. The molecule has 0 spiro atoms. The fourth-order valence-corrected chi connectivity index (χ4v) is 2.59. The van der Waals surface area contributed by atoms with Gasteiger partial charge < -0.3 is 5.32 Å². The molecular formula is C12H9ClN2O3S. The van der Waals surface area contributed by atoms with E-state index in [1.54, 1.807) is 18.2 Å². The monoisotopic (exact) mass is 296 g/mol. The van der Waals surface area contributed by atoms with Crippen molar-refractivity contribution in [3.63, 3.8) is 0 Å². The highest BCUT2D eigenvalue weighted by atomic mass is 35.5. The summed E-state index contributed by atoms with van der Waals surface area (Å²) in [6, 6.07) is 9.32. The number of carbonyl (C=O) groups is 1. The van der Waals surface area contributed by atoms with Gasteiger partial charge >= 0.3 is 0 Å². The summed E-state index contributed by atoms with van der Waals surface area (Å²) in [5.74, 6) is -0.237. The van der Waals surface area contributed by atoms with Crippen molar-refractivity contribution in [3.05, 3.63) is 55.7 Å². The summed E-state index contributed by atoms with van der Waals surface area (Å²) >= 11 is 7.10. The van der Waals surface area contributed by atoms with Gasteiger partial charge in [0.2, 0.25) is 5.91 Å². The molecule has 0 bridgehead atoms. The fourth-order valence-electron chi connectivity index (χ4n) is 1.51. The first-order valence-corrected chi connectivity index (χ1v) is 6.52. The SMILES string of the molecule is O=C(Cc1ccc(Cl)s1)Nc1cccc([N+](=O)[O-])c1. The summed E-state index contributed by atoms with van der Waals surface area (Å²) in [4.78, 5) is 22.7. The second-order valence-corrected chi connectivity index (χ2v) is 5.54. The zero-order valence-corrected chi connectivity index (χ0v) is 11.2. The molecule has 0 aliphatic carbocycles. The summed E-state index contributed by atoms with van der Waals surface area (Å²) in [6.45, 7) is 0. The van der Waals surface area contributed by atoms with E-state index >= 15 is 0 Å². The van der Waals surface area contributed by atoms with Gasteiger partial charge in [-0.3, -0.25) is 14.9 Å². The summed E-state index contributed by atoms with van der Waals surface area (Å²) in [6.07, 6.45) is 0.195. The van der Waals surface area contributed by atoms with Gasteiger partial charge in [-0.05, 0) is 18.2 Å². The van der Waals surface area contributed by atoms with Crippen LogP contribution in [0.1, 0.15) is 4.88 Å². The molecular weight excluding hydrogens is 288 g/mol. The number of carbonyl (C=O) groups excluding carboxylic acids is 1. The van der Waals surface area contributed by atoms with E-state index in [9.17, 15) is 14.9 Å². The summed E-state index contributed by atoms with van der Waals surface area (Å²) < 4.78 is 0.623. The van der Waals surface area contributed by atoms with Gasteiger partial charge in [0, 0.05) is 22.7 Å². The number of anilines is 1.